The normalized spacial score (nSPS) is 15.4. The third-order valence-corrected chi connectivity index (χ3v) is 1.73. The molecule has 2 N–H and O–H groups in total. The van der Waals surface area contributed by atoms with E-state index >= 15 is 0 Å². The smallest absolute Gasteiger partial charge is 0.406 e. The molecular formula is C7H11N3O4. The lowest BCUT2D eigenvalue weighted by atomic mass is 10.5. The second-order valence-electron chi connectivity index (χ2n) is 2.62. The quantitative estimate of drug-likeness (QED) is 0.567. The highest BCUT2D eigenvalue weighted by Crippen LogP contribution is 1.96. The molecule has 0 aromatic carbocycles. The molecule has 0 radical (unpaired) electrons. The topological polar surface area (TPSA) is 87.7 Å². The first kappa shape index (κ1) is 10.3. The molecule has 1 aliphatic rings. The summed E-state index contributed by atoms with van der Waals surface area (Å²) in [6.45, 7) is 0.364. The van der Waals surface area contributed by atoms with E-state index in [2.05, 4.69) is 15.4 Å². The van der Waals surface area contributed by atoms with Crippen LogP contribution in [0.4, 0.5) is 9.59 Å². The highest BCUT2D eigenvalue weighted by Gasteiger charge is 2.27. The molecule has 0 spiro atoms. The Bertz CT molecular complexity index is 250. The van der Waals surface area contributed by atoms with E-state index in [1.54, 1.807) is 0 Å². The Labute approximate surface area is 80.4 Å². The zero-order chi connectivity index (χ0) is 10.6. The second kappa shape index (κ2) is 4.45. The average Bonchev–Trinajstić information content (AvgIpc) is 2.48. The summed E-state index contributed by atoms with van der Waals surface area (Å²) in [5.74, 6) is -0.290. The first-order valence-corrected chi connectivity index (χ1v) is 4.05. The summed E-state index contributed by atoms with van der Waals surface area (Å²) in [6, 6.07) is -0.429. The van der Waals surface area contributed by atoms with Crippen LogP contribution < -0.4 is 10.6 Å². The Kier molecular flexibility index (Phi) is 3.27. The molecule has 0 aliphatic carbocycles. The number of nitrogens with one attached hydrogen (secondary N) is 2. The molecule has 1 saturated heterocycles. The van der Waals surface area contributed by atoms with Gasteiger partial charge in [0.15, 0.2) is 0 Å². The van der Waals surface area contributed by atoms with Crippen molar-refractivity contribution in [3.05, 3.63) is 0 Å². The number of imide groups is 1. The Hall–Kier alpha value is -1.79. The van der Waals surface area contributed by atoms with Gasteiger partial charge in [-0.2, -0.15) is 0 Å². The van der Waals surface area contributed by atoms with Crippen LogP contribution in [0.2, 0.25) is 0 Å². The van der Waals surface area contributed by atoms with Gasteiger partial charge in [-0.05, 0) is 0 Å². The maximum absolute atomic E-state index is 11.0. The number of carbonyl (C=O) groups excluding carboxylic acids is 3. The van der Waals surface area contributed by atoms with E-state index < -0.39 is 12.1 Å². The van der Waals surface area contributed by atoms with Crippen molar-refractivity contribution < 1.29 is 19.1 Å². The summed E-state index contributed by atoms with van der Waals surface area (Å²) in [4.78, 5) is 33.7. The number of alkyl carbamates (subject to hydrolysis) is 1. The monoisotopic (exact) mass is 201 g/mol. The zero-order valence-corrected chi connectivity index (χ0v) is 7.70. The Morgan fingerprint density at radius 1 is 1.64 bits per heavy atom. The third kappa shape index (κ3) is 2.35. The van der Waals surface area contributed by atoms with Crippen LogP contribution >= 0.6 is 0 Å². The molecule has 1 aliphatic heterocycles. The summed E-state index contributed by atoms with van der Waals surface area (Å²) in [5, 5.41) is 4.73. The summed E-state index contributed by atoms with van der Waals surface area (Å²) in [5.41, 5.74) is 0. The zero-order valence-electron chi connectivity index (χ0n) is 7.70. The van der Waals surface area contributed by atoms with Gasteiger partial charge in [0.25, 0.3) is 0 Å². The van der Waals surface area contributed by atoms with E-state index in [4.69, 9.17) is 0 Å². The lowest BCUT2D eigenvalue weighted by Crippen LogP contribution is -2.38. The maximum Gasteiger partial charge on any atom is 0.406 e. The number of urea groups is 1. The lowest BCUT2D eigenvalue weighted by molar-refractivity contribution is -0.124. The first-order chi connectivity index (χ1) is 6.65. The molecule has 7 heteroatoms. The van der Waals surface area contributed by atoms with E-state index in [1.807, 2.05) is 0 Å². The van der Waals surface area contributed by atoms with Crippen LogP contribution in [0.1, 0.15) is 0 Å². The molecule has 0 saturated carbocycles. The number of ether oxygens (including phenoxy) is 1. The number of hydrogen-bond donors (Lipinski definition) is 2. The van der Waals surface area contributed by atoms with Gasteiger partial charge in [-0.3, -0.25) is 9.69 Å². The lowest BCUT2D eigenvalue weighted by Gasteiger charge is -2.11. The predicted octanol–water partition coefficient (Wildman–Crippen LogP) is -1.11. The number of methoxy groups -OCH3 is 1. The van der Waals surface area contributed by atoms with Crippen LogP contribution in [0, 0.1) is 0 Å². The molecule has 1 heterocycles. The molecule has 1 rings (SSSR count). The van der Waals surface area contributed by atoms with Gasteiger partial charge in [0.1, 0.15) is 0 Å². The number of rotatable bonds is 3. The second-order valence-corrected chi connectivity index (χ2v) is 2.62. The van der Waals surface area contributed by atoms with Gasteiger partial charge in [-0.1, -0.05) is 0 Å². The fraction of sp³-hybridized carbons (Fsp3) is 0.571. The molecule has 1 fully saturated rings. The number of hydrogen-bond acceptors (Lipinski definition) is 4. The van der Waals surface area contributed by atoms with Gasteiger partial charge in [0, 0.05) is 13.1 Å². The van der Waals surface area contributed by atoms with Crippen molar-refractivity contribution in [1.29, 1.82) is 0 Å². The molecule has 0 aromatic heterocycles. The van der Waals surface area contributed by atoms with Crippen LogP contribution in [-0.4, -0.2) is 49.7 Å². The van der Waals surface area contributed by atoms with Crippen LogP contribution in [0.5, 0.6) is 0 Å². The van der Waals surface area contributed by atoms with Crippen molar-refractivity contribution in [3.8, 4) is 0 Å². The van der Waals surface area contributed by atoms with Gasteiger partial charge in [-0.15, -0.1) is 0 Å². The number of carbonyl (C=O) groups is 3. The van der Waals surface area contributed by atoms with E-state index in [9.17, 15) is 14.4 Å². The third-order valence-electron chi connectivity index (χ3n) is 1.73. The minimum Gasteiger partial charge on any atom is -0.453 e. The van der Waals surface area contributed by atoms with E-state index in [1.165, 1.54) is 7.11 Å². The van der Waals surface area contributed by atoms with Crippen molar-refractivity contribution in [2.45, 2.75) is 0 Å². The van der Waals surface area contributed by atoms with Crippen molar-refractivity contribution in [1.82, 2.24) is 15.5 Å². The summed E-state index contributed by atoms with van der Waals surface area (Å²) >= 11 is 0. The fourth-order valence-corrected chi connectivity index (χ4v) is 1.02. The minimum absolute atomic E-state index is 0.0249. The summed E-state index contributed by atoms with van der Waals surface area (Å²) < 4.78 is 4.31. The average molecular weight is 201 g/mol. The van der Waals surface area contributed by atoms with Crippen LogP contribution in [0.15, 0.2) is 0 Å². The molecule has 14 heavy (non-hydrogen) atoms. The Morgan fingerprint density at radius 2 is 2.36 bits per heavy atom. The van der Waals surface area contributed by atoms with Crippen molar-refractivity contribution in [3.63, 3.8) is 0 Å². The van der Waals surface area contributed by atoms with Crippen molar-refractivity contribution in [2.75, 3.05) is 26.7 Å². The molecule has 4 amide bonds. The van der Waals surface area contributed by atoms with E-state index in [0.717, 1.165) is 4.90 Å². The molecule has 0 aromatic rings. The molecular weight excluding hydrogens is 190 g/mol. The summed E-state index contributed by atoms with van der Waals surface area (Å²) in [6.07, 6.45) is -0.586. The van der Waals surface area contributed by atoms with Gasteiger partial charge in [0.05, 0.1) is 13.7 Å². The number of nitrogens with zero attached hydrogens (tertiary/aromatic N) is 1. The molecule has 0 bridgehead atoms. The first-order valence-electron chi connectivity index (χ1n) is 4.05. The van der Waals surface area contributed by atoms with Crippen molar-refractivity contribution in [2.24, 2.45) is 0 Å². The van der Waals surface area contributed by atoms with Gasteiger partial charge in [-0.25, -0.2) is 9.59 Å². The maximum atomic E-state index is 11.0. The van der Waals surface area contributed by atoms with Gasteiger partial charge < -0.3 is 15.4 Å². The van der Waals surface area contributed by atoms with Crippen molar-refractivity contribution >= 4 is 18.0 Å². The number of amides is 4. The molecule has 7 nitrogen and oxygen atoms in total. The van der Waals surface area contributed by atoms with Gasteiger partial charge in [0.2, 0.25) is 5.91 Å². The fourth-order valence-electron chi connectivity index (χ4n) is 1.02. The largest absolute Gasteiger partial charge is 0.453 e. The van der Waals surface area contributed by atoms with E-state index in [0.29, 0.717) is 0 Å². The minimum atomic E-state index is -0.586. The van der Waals surface area contributed by atoms with Crippen LogP contribution in [-0.2, 0) is 9.53 Å². The predicted molar refractivity (Wildman–Crippen MR) is 45.5 cm³/mol. The summed E-state index contributed by atoms with van der Waals surface area (Å²) in [7, 11) is 1.24. The standard InChI is InChI=1S/C7H11N3O4/c1-14-7(13)8-2-3-10-5(11)4-9-6(10)12/h2-4H2,1H3,(H,8,13)(H,9,12). The molecule has 0 atom stereocenters. The van der Waals surface area contributed by atoms with Crippen LogP contribution in [0.25, 0.3) is 0 Å². The molecule has 78 valence electrons. The Balaban J connectivity index is 2.27. The Morgan fingerprint density at radius 3 is 2.86 bits per heavy atom. The van der Waals surface area contributed by atoms with E-state index in [-0.39, 0.29) is 25.5 Å². The van der Waals surface area contributed by atoms with Crippen LogP contribution in [0.3, 0.4) is 0 Å². The highest BCUT2D eigenvalue weighted by atomic mass is 16.5. The SMILES string of the molecule is COC(=O)NCCN1C(=O)CNC1=O. The van der Waals surface area contributed by atoms with Gasteiger partial charge >= 0.3 is 12.1 Å². The molecule has 0 unspecified atom stereocenters. The highest BCUT2D eigenvalue weighted by molar-refractivity contribution is 6.01.